The lowest BCUT2D eigenvalue weighted by Gasteiger charge is -2.25. The smallest absolute Gasteiger partial charge is 0.264 e. The summed E-state index contributed by atoms with van der Waals surface area (Å²) in [5, 5.41) is 3.04. The average Bonchev–Trinajstić information content (AvgIpc) is 2.73. The van der Waals surface area contributed by atoms with Crippen LogP contribution in [0.1, 0.15) is 17.3 Å². The number of carbonyl (C=O) groups excluding carboxylic acids is 2. The first-order valence-electron chi connectivity index (χ1n) is 9.12. The molecular weight excluding hydrogens is 459 g/mol. The Bertz CT molecular complexity index is 1230. The van der Waals surface area contributed by atoms with Gasteiger partial charge in [0.15, 0.2) is 5.78 Å². The zero-order chi connectivity index (χ0) is 22.6. The fourth-order valence-electron chi connectivity index (χ4n) is 2.85. The topological polar surface area (TPSA) is 83.6 Å². The van der Waals surface area contributed by atoms with Gasteiger partial charge >= 0.3 is 0 Å². The van der Waals surface area contributed by atoms with E-state index in [-0.39, 0.29) is 21.4 Å². The van der Waals surface area contributed by atoms with Gasteiger partial charge in [-0.1, -0.05) is 53.5 Å². The number of hydrogen-bond acceptors (Lipinski definition) is 4. The SMILES string of the molecule is CC(=O)c1cccc(NC(=O)CN(c2ccc(Cl)cc2Cl)S(=O)(=O)c2ccccc2)c1. The second-order valence-corrected chi connectivity index (χ2v) is 9.31. The molecule has 160 valence electrons. The van der Waals surface area contributed by atoms with Crippen LogP contribution in [0.5, 0.6) is 0 Å². The highest BCUT2D eigenvalue weighted by molar-refractivity contribution is 7.92. The van der Waals surface area contributed by atoms with Gasteiger partial charge in [-0.3, -0.25) is 13.9 Å². The Morgan fingerprint density at radius 2 is 1.65 bits per heavy atom. The number of benzene rings is 3. The Hall–Kier alpha value is -2.87. The van der Waals surface area contributed by atoms with Crippen LogP contribution in [0.3, 0.4) is 0 Å². The summed E-state index contributed by atoms with van der Waals surface area (Å²) in [6.45, 7) is 0.876. The molecule has 1 N–H and O–H groups in total. The quantitative estimate of drug-likeness (QED) is 0.484. The highest BCUT2D eigenvalue weighted by Crippen LogP contribution is 2.32. The van der Waals surface area contributed by atoms with Crippen LogP contribution in [0.25, 0.3) is 0 Å². The van der Waals surface area contributed by atoms with Gasteiger partial charge in [0, 0.05) is 16.3 Å². The van der Waals surface area contributed by atoms with Crippen LogP contribution in [0.4, 0.5) is 11.4 Å². The molecule has 3 aromatic rings. The van der Waals surface area contributed by atoms with Crippen molar-refractivity contribution in [2.24, 2.45) is 0 Å². The molecule has 0 atom stereocenters. The van der Waals surface area contributed by atoms with Gasteiger partial charge in [-0.25, -0.2) is 8.42 Å². The highest BCUT2D eigenvalue weighted by atomic mass is 35.5. The van der Waals surface area contributed by atoms with Gasteiger partial charge in [0.25, 0.3) is 10.0 Å². The Balaban J connectivity index is 1.96. The van der Waals surface area contributed by atoms with Crippen LogP contribution in [-0.2, 0) is 14.8 Å². The van der Waals surface area contributed by atoms with Gasteiger partial charge in [-0.2, -0.15) is 0 Å². The van der Waals surface area contributed by atoms with Crippen molar-refractivity contribution in [3.8, 4) is 0 Å². The second kappa shape index (κ2) is 9.51. The number of hydrogen-bond donors (Lipinski definition) is 1. The van der Waals surface area contributed by atoms with Gasteiger partial charge in [0.05, 0.1) is 15.6 Å². The van der Waals surface area contributed by atoms with Crippen molar-refractivity contribution in [2.75, 3.05) is 16.2 Å². The van der Waals surface area contributed by atoms with E-state index in [9.17, 15) is 18.0 Å². The number of halogens is 2. The van der Waals surface area contributed by atoms with Crippen LogP contribution in [0, 0.1) is 0 Å². The van der Waals surface area contributed by atoms with Crippen molar-refractivity contribution in [1.29, 1.82) is 0 Å². The van der Waals surface area contributed by atoms with Crippen molar-refractivity contribution in [2.45, 2.75) is 11.8 Å². The summed E-state index contributed by atoms with van der Waals surface area (Å²) in [6, 6.07) is 18.4. The van der Waals surface area contributed by atoms with Crippen LogP contribution < -0.4 is 9.62 Å². The Labute approximate surface area is 190 Å². The van der Waals surface area contributed by atoms with E-state index in [2.05, 4.69) is 5.32 Å². The Morgan fingerprint density at radius 1 is 0.935 bits per heavy atom. The molecule has 6 nitrogen and oxygen atoms in total. The Kier molecular flexibility index (Phi) is 7.00. The maximum absolute atomic E-state index is 13.3. The maximum Gasteiger partial charge on any atom is 0.264 e. The zero-order valence-corrected chi connectivity index (χ0v) is 18.7. The molecule has 0 aromatic heterocycles. The minimum absolute atomic E-state index is 0.00685. The summed E-state index contributed by atoms with van der Waals surface area (Å²) >= 11 is 12.2. The molecule has 0 saturated heterocycles. The third-order valence-electron chi connectivity index (χ3n) is 4.35. The molecule has 31 heavy (non-hydrogen) atoms. The van der Waals surface area contributed by atoms with Crippen molar-refractivity contribution < 1.29 is 18.0 Å². The summed E-state index contributed by atoms with van der Waals surface area (Å²) in [6.07, 6.45) is 0. The molecule has 1 amide bonds. The molecule has 0 aliphatic heterocycles. The Morgan fingerprint density at radius 3 is 2.29 bits per heavy atom. The molecule has 3 aromatic carbocycles. The molecule has 0 bridgehead atoms. The minimum Gasteiger partial charge on any atom is -0.324 e. The zero-order valence-electron chi connectivity index (χ0n) is 16.4. The molecule has 0 spiro atoms. The van der Waals surface area contributed by atoms with E-state index in [1.165, 1.54) is 43.3 Å². The molecule has 3 rings (SSSR count). The summed E-state index contributed by atoms with van der Waals surface area (Å²) in [5.41, 5.74) is 0.909. The minimum atomic E-state index is -4.11. The van der Waals surface area contributed by atoms with Crippen molar-refractivity contribution >= 4 is 56.3 Å². The molecule has 0 aliphatic rings. The van der Waals surface area contributed by atoms with E-state index in [1.54, 1.807) is 36.4 Å². The third-order valence-corrected chi connectivity index (χ3v) is 6.66. The van der Waals surface area contributed by atoms with Crippen LogP contribution in [0.15, 0.2) is 77.7 Å². The van der Waals surface area contributed by atoms with E-state index >= 15 is 0 Å². The average molecular weight is 477 g/mol. The largest absolute Gasteiger partial charge is 0.324 e. The van der Waals surface area contributed by atoms with E-state index in [0.29, 0.717) is 16.3 Å². The van der Waals surface area contributed by atoms with Crippen molar-refractivity contribution in [3.63, 3.8) is 0 Å². The molecular formula is C22H18Cl2N2O4S. The monoisotopic (exact) mass is 476 g/mol. The predicted octanol–water partition coefficient (Wildman–Crippen LogP) is 5.03. The number of sulfonamides is 1. The highest BCUT2D eigenvalue weighted by Gasteiger charge is 2.28. The van der Waals surface area contributed by atoms with E-state index in [1.807, 2.05) is 0 Å². The van der Waals surface area contributed by atoms with Crippen LogP contribution in [0.2, 0.25) is 10.0 Å². The molecule has 0 radical (unpaired) electrons. The van der Waals surface area contributed by atoms with Gasteiger partial charge in [-0.05, 0) is 49.4 Å². The number of amides is 1. The number of anilines is 2. The first-order chi connectivity index (χ1) is 14.7. The van der Waals surface area contributed by atoms with Crippen molar-refractivity contribution in [1.82, 2.24) is 0 Å². The van der Waals surface area contributed by atoms with Crippen LogP contribution >= 0.6 is 23.2 Å². The summed E-state index contributed by atoms with van der Waals surface area (Å²) in [5.74, 6) is -0.761. The third kappa shape index (κ3) is 5.44. The second-order valence-electron chi connectivity index (χ2n) is 6.61. The predicted molar refractivity (Wildman–Crippen MR) is 123 cm³/mol. The number of carbonyl (C=O) groups is 2. The van der Waals surface area contributed by atoms with Gasteiger partial charge in [-0.15, -0.1) is 0 Å². The summed E-state index contributed by atoms with van der Waals surface area (Å²) in [7, 11) is -4.11. The molecule has 0 fully saturated rings. The standard InChI is InChI=1S/C22H18Cl2N2O4S/c1-15(27)16-6-5-7-18(12-16)25-22(28)14-26(21-11-10-17(23)13-20(21)24)31(29,30)19-8-3-2-4-9-19/h2-13H,14H2,1H3,(H,25,28). The normalized spacial score (nSPS) is 11.1. The molecule has 9 heteroatoms. The maximum atomic E-state index is 13.3. The lowest BCUT2D eigenvalue weighted by molar-refractivity contribution is -0.114. The van der Waals surface area contributed by atoms with E-state index in [4.69, 9.17) is 23.2 Å². The van der Waals surface area contributed by atoms with Crippen LogP contribution in [-0.4, -0.2) is 26.7 Å². The number of Topliss-reactive ketones (excluding diaryl/α,β-unsaturated/α-hetero) is 1. The first kappa shape index (κ1) is 22.8. The lowest BCUT2D eigenvalue weighted by atomic mass is 10.1. The number of rotatable bonds is 7. The number of nitrogens with one attached hydrogen (secondary N) is 1. The molecule has 0 aliphatic carbocycles. The van der Waals surface area contributed by atoms with Gasteiger partial charge < -0.3 is 5.32 Å². The van der Waals surface area contributed by atoms with Gasteiger partial charge in [0.1, 0.15) is 6.54 Å². The lowest BCUT2D eigenvalue weighted by Crippen LogP contribution is -2.38. The van der Waals surface area contributed by atoms with E-state index < -0.39 is 22.5 Å². The summed E-state index contributed by atoms with van der Waals surface area (Å²) in [4.78, 5) is 24.3. The number of ketones is 1. The van der Waals surface area contributed by atoms with E-state index in [0.717, 1.165) is 4.31 Å². The fourth-order valence-corrected chi connectivity index (χ4v) is 4.87. The fraction of sp³-hybridized carbons (Fsp3) is 0.0909. The first-order valence-corrected chi connectivity index (χ1v) is 11.3. The summed E-state index contributed by atoms with van der Waals surface area (Å²) < 4.78 is 27.5. The molecule has 0 heterocycles. The van der Waals surface area contributed by atoms with Gasteiger partial charge in [0.2, 0.25) is 5.91 Å². The molecule has 0 unspecified atom stereocenters. The number of nitrogens with zero attached hydrogens (tertiary/aromatic N) is 1. The molecule has 0 saturated carbocycles. The van der Waals surface area contributed by atoms with Crippen molar-refractivity contribution in [3.05, 3.63) is 88.4 Å².